The van der Waals surface area contributed by atoms with Crippen LogP contribution < -0.4 is 0 Å². The van der Waals surface area contributed by atoms with Gasteiger partial charge in [0, 0.05) is 12.1 Å². The molecule has 2 rings (SSSR count). The highest BCUT2D eigenvalue weighted by molar-refractivity contribution is 5.92. The van der Waals surface area contributed by atoms with Crippen molar-refractivity contribution in [3.8, 4) is 0 Å². The van der Waals surface area contributed by atoms with E-state index in [1.54, 1.807) is 18.5 Å². The number of piperidine rings is 1. The van der Waals surface area contributed by atoms with E-state index < -0.39 is 5.97 Å². The van der Waals surface area contributed by atoms with Crippen molar-refractivity contribution in [2.24, 2.45) is 0 Å². The zero-order valence-corrected chi connectivity index (χ0v) is 14.0. The van der Waals surface area contributed by atoms with Crippen molar-refractivity contribution in [2.45, 2.75) is 65.6 Å². The molecule has 22 heavy (non-hydrogen) atoms. The molecule has 0 aliphatic carbocycles. The predicted molar refractivity (Wildman–Crippen MR) is 82.7 cm³/mol. The fourth-order valence-corrected chi connectivity index (χ4v) is 3.37. The molecule has 6 heteroatoms. The quantitative estimate of drug-likeness (QED) is 0.802. The number of ether oxygens (including phenoxy) is 1. The van der Waals surface area contributed by atoms with E-state index >= 15 is 0 Å². The maximum atomic E-state index is 12.6. The van der Waals surface area contributed by atoms with E-state index in [2.05, 4.69) is 18.9 Å². The van der Waals surface area contributed by atoms with Crippen LogP contribution >= 0.6 is 0 Å². The first-order chi connectivity index (χ1) is 10.4. The minimum absolute atomic E-state index is 0.0571. The Morgan fingerprint density at radius 3 is 2.36 bits per heavy atom. The normalized spacial score (nSPS) is 21.8. The Morgan fingerprint density at radius 1 is 1.23 bits per heavy atom. The van der Waals surface area contributed by atoms with Crippen molar-refractivity contribution < 1.29 is 14.3 Å². The predicted octanol–water partition coefficient (Wildman–Crippen LogP) is 2.08. The van der Waals surface area contributed by atoms with Crippen LogP contribution in [0.5, 0.6) is 0 Å². The summed E-state index contributed by atoms with van der Waals surface area (Å²) in [6.45, 7) is 7.90. The average Bonchev–Trinajstić information content (AvgIpc) is 2.72. The van der Waals surface area contributed by atoms with Crippen LogP contribution in [0.25, 0.3) is 0 Å². The van der Waals surface area contributed by atoms with Gasteiger partial charge in [0.15, 0.2) is 0 Å². The van der Waals surface area contributed by atoms with Gasteiger partial charge in [0.1, 0.15) is 12.1 Å². The molecule has 0 spiro atoms. The second kappa shape index (κ2) is 6.50. The molecule has 1 aliphatic rings. The molecular formula is C16H25N3O3. The van der Waals surface area contributed by atoms with Gasteiger partial charge in [0.25, 0.3) is 0 Å². The van der Waals surface area contributed by atoms with E-state index in [0.29, 0.717) is 17.0 Å². The topological polar surface area (TPSA) is 64.4 Å². The Balaban J connectivity index is 2.20. The lowest BCUT2D eigenvalue weighted by Gasteiger charge is -2.39. The maximum absolute atomic E-state index is 12.6. The van der Waals surface area contributed by atoms with Gasteiger partial charge in [-0.2, -0.15) is 5.10 Å². The lowest BCUT2D eigenvalue weighted by Crippen LogP contribution is -2.48. The molecule has 122 valence electrons. The molecule has 0 unspecified atom stereocenters. The van der Waals surface area contributed by atoms with Crippen LogP contribution in [-0.2, 0) is 16.1 Å². The third-order valence-electron chi connectivity index (χ3n) is 4.54. The number of amides is 1. The van der Waals surface area contributed by atoms with Gasteiger partial charge in [-0.3, -0.25) is 9.48 Å². The summed E-state index contributed by atoms with van der Waals surface area (Å²) in [5.41, 5.74) is 1.72. The zero-order valence-electron chi connectivity index (χ0n) is 14.0. The first kappa shape index (κ1) is 16.5. The molecule has 0 aromatic carbocycles. The fraction of sp³-hybridized carbons (Fsp3) is 0.688. The molecule has 2 heterocycles. The van der Waals surface area contributed by atoms with Gasteiger partial charge in [0.2, 0.25) is 5.91 Å². The van der Waals surface area contributed by atoms with Crippen LogP contribution in [-0.4, -0.2) is 45.8 Å². The smallest absolute Gasteiger partial charge is 0.341 e. The van der Waals surface area contributed by atoms with Crippen molar-refractivity contribution >= 4 is 11.9 Å². The summed E-state index contributed by atoms with van der Waals surface area (Å²) in [6.07, 6.45) is 3.25. The van der Waals surface area contributed by atoms with Crippen molar-refractivity contribution in [3.05, 3.63) is 17.0 Å². The highest BCUT2D eigenvalue weighted by Gasteiger charge is 2.30. The second-order valence-electron chi connectivity index (χ2n) is 6.13. The summed E-state index contributed by atoms with van der Waals surface area (Å²) in [5.74, 6) is -0.352. The molecule has 2 atom stereocenters. The summed E-state index contributed by atoms with van der Waals surface area (Å²) in [7, 11) is 1.35. The molecule has 1 amide bonds. The lowest BCUT2D eigenvalue weighted by atomic mass is 9.97. The number of carbonyl (C=O) groups is 2. The van der Waals surface area contributed by atoms with Gasteiger partial charge in [-0.25, -0.2) is 4.79 Å². The van der Waals surface area contributed by atoms with Crippen LogP contribution in [0.1, 0.15) is 54.9 Å². The first-order valence-corrected chi connectivity index (χ1v) is 7.80. The number of likely N-dealkylation sites (tertiary alicyclic amines) is 1. The van der Waals surface area contributed by atoms with Crippen LogP contribution in [0.15, 0.2) is 0 Å². The van der Waals surface area contributed by atoms with Crippen molar-refractivity contribution in [2.75, 3.05) is 7.11 Å². The minimum Gasteiger partial charge on any atom is -0.465 e. The zero-order chi connectivity index (χ0) is 16.4. The average molecular weight is 307 g/mol. The summed E-state index contributed by atoms with van der Waals surface area (Å²) in [4.78, 5) is 26.4. The molecule has 1 aromatic heterocycles. The van der Waals surface area contributed by atoms with Crippen molar-refractivity contribution in [3.63, 3.8) is 0 Å². The van der Waals surface area contributed by atoms with Crippen molar-refractivity contribution in [1.82, 2.24) is 14.7 Å². The second-order valence-corrected chi connectivity index (χ2v) is 6.13. The molecule has 1 aromatic rings. The Kier molecular flexibility index (Phi) is 4.88. The van der Waals surface area contributed by atoms with Gasteiger partial charge in [-0.05, 0) is 47.0 Å². The molecule has 0 radical (unpaired) electrons. The highest BCUT2D eigenvalue weighted by atomic mass is 16.5. The number of aromatic nitrogens is 2. The van der Waals surface area contributed by atoms with E-state index in [1.165, 1.54) is 13.5 Å². The molecule has 0 saturated carbocycles. The number of nitrogens with zero attached hydrogens (tertiary/aromatic N) is 3. The molecular weight excluding hydrogens is 282 g/mol. The molecule has 0 N–H and O–H groups in total. The van der Waals surface area contributed by atoms with Gasteiger partial charge < -0.3 is 9.64 Å². The number of carbonyl (C=O) groups excluding carboxylic acids is 2. The van der Waals surface area contributed by atoms with E-state index in [0.717, 1.165) is 12.8 Å². The summed E-state index contributed by atoms with van der Waals surface area (Å²) in [5, 5.41) is 4.33. The van der Waals surface area contributed by atoms with Gasteiger partial charge in [0.05, 0.1) is 18.5 Å². The third kappa shape index (κ3) is 3.00. The lowest BCUT2D eigenvalue weighted by molar-refractivity contribution is -0.138. The largest absolute Gasteiger partial charge is 0.465 e. The maximum Gasteiger partial charge on any atom is 0.341 e. The van der Waals surface area contributed by atoms with Crippen LogP contribution in [0.3, 0.4) is 0 Å². The SMILES string of the molecule is COC(=O)c1c(C)nn(CC(=O)N2[C@H](C)CCC[C@@H]2C)c1C. The Morgan fingerprint density at radius 2 is 1.82 bits per heavy atom. The van der Waals surface area contributed by atoms with Gasteiger partial charge in [-0.1, -0.05) is 0 Å². The molecule has 1 aliphatic heterocycles. The number of esters is 1. The Bertz CT molecular complexity index is 569. The Labute approximate surface area is 131 Å². The number of aryl methyl sites for hydroxylation is 1. The number of rotatable bonds is 3. The molecule has 1 saturated heterocycles. The first-order valence-electron chi connectivity index (χ1n) is 7.80. The molecule has 0 bridgehead atoms. The number of hydrogen-bond donors (Lipinski definition) is 0. The van der Waals surface area contributed by atoms with E-state index in [1.807, 2.05) is 4.90 Å². The third-order valence-corrected chi connectivity index (χ3v) is 4.54. The molecule has 6 nitrogen and oxygen atoms in total. The van der Waals surface area contributed by atoms with Crippen LogP contribution in [0, 0.1) is 13.8 Å². The Hall–Kier alpha value is -1.85. The minimum atomic E-state index is -0.409. The molecule has 1 fully saturated rings. The summed E-state index contributed by atoms with van der Waals surface area (Å²) >= 11 is 0. The van der Waals surface area contributed by atoms with E-state index in [9.17, 15) is 9.59 Å². The number of methoxy groups -OCH3 is 1. The fourth-order valence-electron chi connectivity index (χ4n) is 3.37. The van der Waals surface area contributed by atoms with Crippen LogP contribution in [0.2, 0.25) is 0 Å². The highest BCUT2D eigenvalue weighted by Crippen LogP contribution is 2.23. The summed E-state index contributed by atoms with van der Waals surface area (Å²) in [6, 6.07) is 0.515. The van der Waals surface area contributed by atoms with Crippen molar-refractivity contribution in [1.29, 1.82) is 0 Å². The van der Waals surface area contributed by atoms with Crippen LogP contribution in [0.4, 0.5) is 0 Å². The summed E-state index contributed by atoms with van der Waals surface area (Å²) < 4.78 is 6.39. The van der Waals surface area contributed by atoms with Gasteiger partial charge >= 0.3 is 5.97 Å². The standard InChI is InChI=1S/C16H25N3O3/c1-10-7-6-8-11(2)19(10)14(20)9-18-13(4)15(12(3)17-18)16(21)22-5/h10-11H,6-9H2,1-5H3/t10-,11+. The monoisotopic (exact) mass is 307 g/mol. The number of hydrogen-bond acceptors (Lipinski definition) is 4. The van der Waals surface area contributed by atoms with E-state index in [-0.39, 0.29) is 24.5 Å². The van der Waals surface area contributed by atoms with Gasteiger partial charge in [-0.15, -0.1) is 0 Å². The van der Waals surface area contributed by atoms with E-state index in [4.69, 9.17) is 4.74 Å².